The van der Waals surface area contributed by atoms with Crippen molar-refractivity contribution < 1.29 is 13.9 Å². The standard InChI is InChI=1S/C21H19NO3/c23-21(22-12-10-16-6-4-5-7-17(16)14-22)20-18(11-13-24-20)15-25-19-8-2-1-3-9-19/h1-9,11,13H,10,12,14-15H2. The molecule has 1 aliphatic heterocycles. The number of benzene rings is 2. The molecule has 1 aromatic heterocycles. The van der Waals surface area contributed by atoms with E-state index in [0.29, 0.717) is 25.5 Å². The summed E-state index contributed by atoms with van der Waals surface area (Å²) in [4.78, 5) is 14.7. The average Bonchev–Trinajstić information content (AvgIpc) is 3.15. The van der Waals surface area contributed by atoms with E-state index in [4.69, 9.17) is 9.15 Å². The molecule has 126 valence electrons. The van der Waals surface area contributed by atoms with Crippen molar-refractivity contribution in [2.75, 3.05) is 6.54 Å². The predicted octanol–water partition coefficient (Wildman–Crippen LogP) is 4.06. The van der Waals surface area contributed by atoms with Gasteiger partial charge in [-0.2, -0.15) is 0 Å². The molecule has 0 fully saturated rings. The summed E-state index contributed by atoms with van der Waals surface area (Å²) >= 11 is 0. The van der Waals surface area contributed by atoms with E-state index in [2.05, 4.69) is 12.1 Å². The van der Waals surface area contributed by atoms with Crippen molar-refractivity contribution in [3.05, 3.63) is 89.4 Å². The molecule has 0 spiro atoms. The van der Waals surface area contributed by atoms with E-state index in [-0.39, 0.29) is 5.91 Å². The predicted molar refractivity (Wildman–Crippen MR) is 94.4 cm³/mol. The minimum absolute atomic E-state index is 0.0776. The number of hydrogen-bond donors (Lipinski definition) is 0. The van der Waals surface area contributed by atoms with E-state index in [0.717, 1.165) is 17.7 Å². The monoisotopic (exact) mass is 333 g/mol. The van der Waals surface area contributed by atoms with Gasteiger partial charge in [-0.25, -0.2) is 0 Å². The van der Waals surface area contributed by atoms with Crippen molar-refractivity contribution in [1.82, 2.24) is 4.90 Å². The number of ether oxygens (including phenoxy) is 1. The molecule has 0 N–H and O–H groups in total. The molecule has 1 aliphatic rings. The number of hydrogen-bond acceptors (Lipinski definition) is 3. The fourth-order valence-electron chi connectivity index (χ4n) is 3.13. The lowest BCUT2D eigenvalue weighted by Crippen LogP contribution is -2.36. The van der Waals surface area contributed by atoms with Gasteiger partial charge in [0, 0.05) is 18.7 Å². The second kappa shape index (κ2) is 6.85. The van der Waals surface area contributed by atoms with Gasteiger partial charge in [-0.3, -0.25) is 4.79 Å². The topological polar surface area (TPSA) is 42.7 Å². The third-order valence-electron chi connectivity index (χ3n) is 4.50. The molecule has 0 bridgehead atoms. The summed E-state index contributed by atoms with van der Waals surface area (Å²) in [6.45, 7) is 1.64. The first-order chi connectivity index (χ1) is 12.3. The fraction of sp³-hybridized carbons (Fsp3) is 0.190. The Balaban J connectivity index is 1.47. The first-order valence-electron chi connectivity index (χ1n) is 8.41. The van der Waals surface area contributed by atoms with Crippen LogP contribution in [0.5, 0.6) is 5.75 Å². The number of amides is 1. The molecule has 25 heavy (non-hydrogen) atoms. The number of furan rings is 1. The SMILES string of the molecule is O=C(c1occc1COc1ccccc1)N1CCc2ccccc2C1. The molecule has 3 aromatic rings. The summed E-state index contributed by atoms with van der Waals surface area (Å²) in [6, 6.07) is 19.6. The second-order valence-corrected chi connectivity index (χ2v) is 6.12. The molecule has 1 amide bonds. The van der Waals surface area contributed by atoms with Crippen LogP contribution in [0, 0.1) is 0 Å². The van der Waals surface area contributed by atoms with E-state index >= 15 is 0 Å². The molecule has 0 saturated heterocycles. The summed E-state index contributed by atoms with van der Waals surface area (Å²) in [5, 5.41) is 0. The number of carbonyl (C=O) groups is 1. The highest BCUT2D eigenvalue weighted by Gasteiger charge is 2.25. The van der Waals surface area contributed by atoms with Gasteiger partial charge in [0.25, 0.3) is 5.91 Å². The summed E-state index contributed by atoms with van der Waals surface area (Å²) < 4.78 is 11.2. The zero-order valence-corrected chi connectivity index (χ0v) is 13.9. The van der Waals surface area contributed by atoms with Crippen molar-refractivity contribution in [3.63, 3.8) is 0 Å². The van der Waals surface area contributed by atoms with Gasteiger partial charge in [0.05, 0.1) is 6.26 Å². The minimum atomic E-state index is -0.0776. The Morgan fingerprint density at radius 2 is 1.76 bits per heavy atom. The summed E-state index contributed by atoms with van der Waals surface area (Å²) in [7, 11) is 0. The summed E-state index contributed by atoms with van der Waals surface area (Å²) in [5.41, 5.74) is 3.29. The second-order valence-electron chi connectivity index (χ2n) is 6.12. The van der Waals surface area contributed by atoms with E-state index in [1.54, 1.807) is 12.3 Å². The Morgan fingerprint density at radius 3 is 2.60 bits per heavy atom. The number of nitrogens with zero attached hydrogens (tertiary/aromatic N) is 1. The molecule has 0 atom stereocenters. The normalized spacial score (nSPS) is 13.4. The molecule has 2 aromatic carbocycles. The molecule has 0 radical (unpaired) electrons. The first kappa shape index (κ1) is 15.5. The van der Waals surface area contributed by atoms with Crippen LogP contribution in [0.3, 0.4) is 0 Å². The molecule has 0 aliphatic carbocycles. The molecule has 4 rings (SSSR count). The van der Waals surface area contributed by atoms with Crippen molar-refractivity contribution in [3.8, 4) is 5.75 Å². The van der Waals surface area contributed by atoms with Gasteiger partial charge in [-0.05, 0) is 35.7 Å². The van der Waals surface area contributed by atoms with E-state index in [1.165, 1.54) is 11.1 Å². The molecule has 4 heteroatoms. The van der Waals surface area contributed by atoms with Crippen LogP contribution >= 0.6 is 0 Å². The maximum absolute atomic E-state index is 12.9. The highest BCUT2D eigenvalue weighted by Crippen LogP contribution is 2.23. The van der Waals surface area contributed by atoms with Gasteiger partial charge < -0.3 is 14.1 Å². The lowest BCUT2D eigenvalue weighted by molar-refractivity contribution is 0.0698. The molecule has 0 unspecified atom stereocenters. The lowest BCUT2D eigenvalue weighted by Gasteiger charge is -2.28. The quantitative estimate of drug-likeness (QED) is 0.723. The van der Waals surface area contributed by atoms with Gasteiger partial charge in [-0.15, -0.1) is 0 Å². The number of carbonyl (C=O) groups excluding carboxylic acids is 1. The maximum Gasteiger partial charge on any atom is 0.290 e. The van der Waals surface area contributed by atoms with Crippen LogP contribution in [0.4, 0.5) is 0 Å². The fourth-order valence-corrected chi connectivity index (χ4v) is 3.13. The molecule has 0 saturated carbocycles. The van der Waals surface area contributed by atoms with Gasteiger partial charge in [0.2, 0.25) is 0 Å². The number of rotatable bonds is 4. The Labute approximate surface area is 146 Å². The van der Waals surface area contributed by atoms with Crippen LogP contribution < -0.4 is 4.74 Å². The Kier molecular flexibility index (Phi) is 4.25. The third-order valence-corrected chi connectivity index (χ3v) is 4.50. The highest BCUT2D eigenvalue weighted by atomic mass is 16.5. The van der Waals surface area contributed by atoms with Crippen LogP contribution in [0.25, 0.3) is 0 Å². The average molecular weight is 333 g/mol. The van der Waals surface area contributed by atoms with Crippen LogP contribution in [0.1, 0.15) is 27.2 Å². The largest absolute Gasteiger partial charge is 0.489 e. The zero-order valence-electron chi connectivity index (χ0n) is 13.9. The van der Waals surface area contributed by atoms with E-state index in [9.17, 15) is 4.79 Å². The Bertz CT molecular complexity index is 870. The zero-order chi connectivity index (χ0) is 17.1. The van der Waals surface area contributed by atoms with Crippen molar-refractivity contribution >= 4 is 5.91 Å². The molecule has 2 heterocycles. The summed E-state index contributed by atoms with van der Waals surface area (Å²) in [5.74, 6) is 1.07. The van der Waals surface area contributed by atoms with E-state index in [1.807, 2.05) is 47.4 Å². The Morgan fingerprint density at radius 1 is 1.00 bits per heavy atom. The summed E-state index contributed by atoms with van der Waals surface area (Å²) in [6.07, 6.45) is 2.42. The molecular weight excluding hydrogens is 314 g/mol. The van der Waals surface area contributed by atoms with E-state index < -0.39 is 0 Å². The van der Waals surface area contributed by atoms with Crippen LogP contribution in [0.15, 0.2) is 71.3 Å². The maximum atomic E-state index is 12.9. The first-order valence-corrected chi connectivity index (χ1v) is 8.41. The van der Waals surface area contributed by atoms with Gasteiger partial charge >= 0.3 is 0 Å². The van der Waals surface area contributed by atoms with Gasteiger partial charge in [0.1, 0.15) is 12.4 Å². The smallest absolute Gasteiger partial charge is 0.290 e. The lowest BCUT2D eigenvalue weighted by atomic mass is 9.99. The van der Waals surface area contributed by atoms with Crippen molar-refractivity contribution in [2.24, 2.45) is 0 Å². The van der Waals surface area contributed by atoms with Gasteiger partial charge in [-0.1, -0.05) is 42.5 Å². The number of fused-ring (bicyclic) bond motifs is 1. The van der Waals surface area contributed by atoms with Crippen LogP contribution in [-0.4, -0.2) is 17.4 Å². The van der Waals surface area contributed by atoms with Crippen LogP contribution in [-0.2, 0) is 19.6 Å². The highest BCUT2D eigenvalue weighted by molar-refractivity contribution is 5.93. The van der Waals surface area contributed by atoms with Gasteiger partial charge in [0.15, 0.2) is 5.76 Å². The van der Waals surface area contributed by atoms with Crippen LogP contribution in [0.2, 0.25) is 0 Å². The van der Waals surface area contributed by atoms with Crippen molar-refractivity contribution in [2.45, 2.75) is 19.6 Å². The number of para-hydroxylation sites is 1. The van der Waals surface area contributed by atoms with Crippen molar-refractivity contribution in [1.29, 1.82) is 0 Å². The minimum Gasteiger partial charge on any atom is -0.489 e. The molecule has 4 nitrogen and oxygen atoms in total. The molecular formula is C21H19NO3. The third kappa shape index (κ3) is 3.29. The Hall–Kier alpha value is -3.01.